The lowest BCUT2D eigenvalue weighted by molar-refractivity contribution is 0.111. The summed E-state index contributed by atoms with van der Waals surface area (Å²) in [6, 6.07) is 0. The van der Waals surface area contributed by atoms with Crippen molar-refractivity contribution in [1.29, 1.82) is 0 Å². The summed E-state index contributed by atoms with van der Waals surface area (Å²) in [5.74, 6) is 0. The van der Waals surface area contributed by atoms with Crippen LogP contribution < -0.4 is 0 Å². The molecule has 0 spiro atoms. The maximum atomic E-state index is 10.8. The van der Waals surface area contributed by atoms with Gasteiger partial charge in [0, 0.05) is 20.6 Å². The van der Waals surface area contributed by atoms with Crippen molar-refractivity contribution in [3.8, 4) is 0 Å². The van der Waals surface area contributed by atoms with E-state index in [9.17, 15) is 4.79 Å². The van der Waals surface area contributed by atoms with Gasteiger partial charge in [-0.15, -0.1) is 0 Å². The molecule has 0 aliphatic rings. The molecule has 0 aromatic carbocycles. The predicted molar refractivity (Wildman–Crippen MR) is 43.6 cm³/mol. The van der Waals surface area contributed by atoms with Gasteiger partial charge in [-0.1, -0.05) is 0 Å². The van der Waals surface area contributed by atoms with Gasteiger partial charge >= 0.3 is 6.09 Å². The molecule has 0 aliphatic carbocycles. The molecule has 0 saturated carbocycles. The minimum absolute atomic E-state index is 0.285. The fourth-order valence-corrected chi connectivity index (χ4v) is 0.445. The van der Waals surface area contributed by atoms with E-state index in [1.54, 1.807) is 14.1 Å². The second-order valence-electron chi connectivity index (χ2n) is 2.81. The van der Waals surface area contributed by atoms with Gasteiger partial charge in [-0.2, -0.15) is 0 Å². The van der Waals surface area contributed by atoms with Gasteiger partial charge in [0.05, 0.1) is 0 Å². The fraction of sp³-hybridized carbons (Fsp3) is 0.857. The first kappa shape index (κ1) is 10.2. The van der Waals surface area contributed by atoms with Crippen molar-refractivity contribution in [1.82, 2.24) is 9.80 Å². The lowest BCUT2D eigenvalue weighted by Crippen LogP contribution is -2.26. The Kier molecular flexibility index (Phi) is 4.61. The van der Waals surface area contributed by atoms with Crippen molar-refractivity contribution in [2.75, 3.05) is 41.3 Å². The summed E-state index contributed by atoms with van der Waals surface area (Å²) in [4.78, 5) is 14.2. The van der Waals surface area contributed by atoms with Gasteiger partial charge in [-0.3, -0.25) is 0 Å². The fourth-order valence-electron chi connectivity index (χ4n) is 0.445. The number of likely N-dealkylation sites (N-methyl/N-ethyl adjacent to an activating group) is 1. The number of ether oxygens (including phenoxy) is 1. The van der Waals surface area contributed by atoms with Crippen LogP contribution >= 0.6 is 0 Å². The largest absolute Gasteiger partial charge is 0.448 e. The molecule has 4 nitrogen and oxygen atoms in total. The molecule has 0 fully saturated rings. The van der Waals surface area contributed by atoms with Gasteiger partial charge in [0.2, 0.25) is 0 Å². The van der Waals surface area contributed by atoms with Crippen LogP contribution in [0.1, 0.15) is 0 Å². The Morgan fingerprint density at radius 1 is 1.27 bits per heavy atom. The van der Waals surface area contributed by atoms with Crippen LogP contribution in [0.3, 0.4) is 0 Å². The molecular weight excluding hydrogens is 144 g/mol. The van der Waals surface area contributed by atoms with Crippen molar-refractivity contribution in [2.45, 2.75) is 0 Å². The molecule has 0 aromatic rings. The molecule has 11 heavy (non-hydrogen) atoms. The second-order valence-corrected chi connectivity index (χ2v) is 2.81. The highest BCUT2D eigenvalue weighted by Gasteiger charge is 2.02. The first-order valence-corrected chi connectivity index (χ1v) is 3.53. The number of nitrogens with zero attached hydrogens (tertiary/aromatic N) is 2. The number of rotatable bonds is 3. The van der Waals surface area contributed by atoms with E-state index in [2.05, 4.69) is 0 Å². The molecule has 0 rings (SSSR count). The maximum absolute atomic E-state index is 10.8. The molecule has 0 bridgehead atoms. The van der Waals surface area contributed by atoms with E-state index in [1.165, 1.54) is 4.90 Å². The molecule has 4 heteroatoms. The zero-order chi connectivity index (χ0) is 8.85. The summed E-state index contributed by atoms with van der Waals surface area (Å²) in [5, 5.41) is 0. The highest BCUT2D eigenvalue weighted by atomic mass is 16.6. The number of amides is 1. The highest BCUT2D eigenvalue weighted by molar-refractivity contribution is 5.66. The smallest absolute Gasteiger partial charge is 0.409 e. The molecule has 0 aliphatic heterocycles. The number of carbonyl (C=O) groups excluding carboxylic acids is 1. The Morgan fingerprint density at radius 2 is 1.82 bits per heavy atom. The van der Waals surface area contributed by atoms with Gasteiger partial charge in [-0.25, -0.2) is 4.79 Å². The molecule has 0 radical (unpaired) electrons. The molecule has 0 unspecified atom stereocenters. The molecule has 0 aromatic heterocycles. The van der Waals surface area contributed by atoms with Gasteiger partial charge in [0.1, 0.15) is 6.61 Å². The third kappa shape index (κ3) is 5.66. The standard InChI is InChI=1S/C7H16N2O2/c1-8(2)5-6-11-7(10)9(3)4/h5-6H2,1-4H3. The van der Waals surface area contributed by atoms with Crippen LogP contribution in [0.25, 0.3) is 0 Å². The van der Waals surface area contributed by atoms with Gasteiger partial charge in [0.15, 0.2) is 0 Å². The highest BCUT2D eigenvalue weighted by Crippen LogP contribution is 1.85. The van der Waals surface area contributed by atoms with E-state index >= 15 is 0 Å². The average molecular weight is 160 g/mol. The molecule has 0 heterocycles. The Bertz CT molecular complexity index is 124. The number of hydrogen-bond donors (Lipinski definition) is 0. The van der Waals surface area contributed by atoms with Crippen molar-refractivity contribution in [3.63, 3.8) is 0 Å². The van der Waals surface area contributed by atoms with Gasteiger partial charge in [-0.05, 0) is 14.1 Å². The summed E-state index contributed by atoms with van der Waals surface area (Å²) in [5.41, 5.74) is 0. The molecule has 0 N–H and O–H groups in total. The maximum Gasteiger partial charge on any atom is 0.409 e. The van der Waals surface area contributed by atoms with Crippen molar-refractivity contribution in [2.24, 2.45) is 0 Å². The third-order valence-electron chi connectivity index (χ3n) is 1.13. The van der Waals surface area contributed by atoms with Crippen LogP contribution in [-0.2, 0) is 4.74 Å². The van der Waals surface area contributed by atoms with E-state index in [-0.39, 0.29) is 6.09 Å². The van der Waals surface area contributed by atoms with Crippen LogP contribution in [0.4, 0.5) is 4.79 Å². The lowest BCUT2D eigenvalue weighted by atomic mass is 10.6. The van der Waals surface area contributed by atoms with E-state index in [0.717, 1.165) is 6.54 Å². The molecule has 0 saturated heterocycles. The Morgan fingerprint density at radius 3 is 2.18 bits per heavy atom. The summed E-state index contributed by atoms with van der Waals surface area (Å²) in [6.45, 7) is 1.21. The van der Waals surface area contributed by atoms with Crippen LogP contribution in [0, 0.1) is 0 Å². The Hall–Kier alpha value is -0.770. The van der Waals surface area contributed by atoms with Crippen molar-refractivity contribution < 1.29 is 9.53 Å². The van der Waals surface area contributed by atoms with E-state index in [4.69, 9.17) is 4.74 Å². The first-order chi connectivity index (χ1) is 5.04. The zero-order valence-electron chi connectivity index (χ0n) is 7.63. The minimum Gasteiger partial charge on any atom is -0.448 e. The van der Waals surface area contributed by atoms with Crippen molar-refractivity contribution in [3.05, 3.63) is 0 Å². The van der Waals surface area contributed by atoms with Gasteiger partial charge < -0.3 is 14.5 Å². The predicted octanol–water partition coefficient (Wildman–Crippen LogP) is 0.246. The summed E-state index contributed by atoms with van der Waals surface area (Å²) < 4.78 is 4.86. The molecule has 66 valence electrons. The molecular formula is C7H16N2O2. The Labute approximate surface area is 67.7 Å². The van der Waals surface area contributed by atoms with Crippen LogP contribution in [-0.4, -0.2) is 57.2 Å². The van der Waals surface area contributed by atoms with Gasteiger partial charge in [0.25, 0.3) is 0 Å². The average Bonchev–Trinajstić information content (AvgIpc) is 1.86. The quantitative estimate of drug-likeness (QED) is 0.593. The van der Waals surface area contributed by atoms with Crippen molar-refractivity contribution >= 4 is 6.09 Å². The van der Waals surface area contributed by atoms with Crippen LogP contribution in [0.2, 0.25) is 0 Å². The normalized spacial score (nSPS) is 9.91. The Balaban J connectivity index is 3.32. The third-order valence-corrected chi connectivity index (χ3v) is 1.13. The van der Waals surface area contributed by atoms with Crippen LogP contribution in [0.5, 0.6) is 0 Å². The summed E-state index contributed by atoms with van der Waals surface area (Å²) in [7, 11) is 7.20. The van der Waals surface area contributed by atoms with E-state index in [0.29, 0.717) is 6.61 Å². The minimum atomic E-state index is -0.285. The SMILES string of the molecule is CN(C)CCOC(=O)N(C)C. The number of hydrogen-bond acceptors (Lipinski definition) is 3. The lowest BCUT2D eigenvalue weighted by Gasteiger charge is -2.13. The van der Waals surface area contributed by atoms with E-state index in [1.807, 2.05) is 19.0 Å². The number of carbonyl (C=O) groups is 1. The zero-order valence-corrected chi connectivity index (χ0v) is 7.63. The second kappa shape index (κ2) is 4.96. The van der Waals surface area contributed by atoms with E-state index < -0.39 is 0 Å². The summed E-state index contributed by atoms with van der Waals surface area (Å²) in [6.07, 6.45) is -0.285. The molecule has 0 atom stereocenters. The molecule has 1 amide bonds. The van der Waals surface area contributed by atoms with Crippen LogP contribution in [0.15, 0.2) is 0 Å². The monoisotopic (exact) mass is 160 g/mol. The first-order valence-electron chi connectivity index (χ1n) is 3.53. The summed E-state index contributed by atoms with van der Waals surface area (Å²) >= 11 is 0. The topological polar surface area (TPSA) is 32.8 Å².